The fourth-order valence-electron chi connectivity index (χ4n) is 0.912. The van der Waals surface area contributed by atoms with E-state index in [1.54, 1.807) is 7.05 Å². The van der Waals surface area contributed by atoms with Crippen molar-refractivity contribution in [2.75, 3.05) is 19.0 Å². The van der Waals surface area contributed by atoms with Gasteiger partial charge in [-0.25, -0.2) is 0 Å². The molecule has 0 bridgehead atoms. The van der Waals surface area contributed by atoms with E-state index in [0.717, 1.165) is 5.69 Å². The topological polar surface area (TPSA) is 38.7 Å². The van der Waals surface area contributed by atoms with Gasteiger partial charge in [-0.05, 0) is 12.1 Å². The molecule has 0 aliphatic rings. The van der Waals surface area contributed by atoms with Crippen LogP contribution < -0.4 is 10.0 Å². The Hall–Kier alpha value is -1.51. The lowest BCUT2D eigenvalue weighted by atomic mass is 10.3. The molecule has 0 aliphatic carbocycles. The monoisotopic (exact) mass is 163 g/mol. The molecule has 1 aromatic rings. The molecule has 3 heteroatoms. The highest BCUT2D eigenvalue weighted by Gasteiger charge is 1.96. The first kappa shape index (κ1) is 8.59. The zero-order valence-corrected chi connectivity index (χ0v) is 7.19. The largest absolute Gasteiger partial charge is 0.846 e. The first-order valence-electron chi connectivity index (χ1n) is 3.68. The number of rotatable bonds is 1. The maximum absolute atomic E-state index is 11.1. The van der Waals surface area contributed by atoms with Gasteiger partial charge in [-0.15, -0.1) is 0 Å². The van der Waals surface area contributed by atoms with Gasteiger partial charge in [0.25, 0.3) is 0 Å². The van der Waals surface area contributed by atoms with E-state index < -0.39 is 0 Å². The molecular formula is C9H11N2O-. The number of benzene rings is 1. The third-order valence-electron chi connectivity index (χ3n) is 1.62. The van der Waals surface area contributed by atoms with E-state index >= 15 is 0 Å². The minimum absolute atomic E-state index is 0.235. The molecular weight excluding hydrogens is 152 g/mol. The van der Waals surface area contributed by atoms with Crippen LogP contribution in [0.1, 0.15) is 0 Å². The first-order valence-corrected chi connectivity index (χ1v) is 3.68. The van der Waals surface area contributed by atoms with Gasteiger partial charge in [0.15, 0.2) is 0 Å². The Balaban J connectivity index is 2.86. The standard InChI is InChI=1S/C9H12N2O/c1-10-9(12)11(2)8-6-4-3-5-7-8/h3-7H,1-2H3,(H,10,12)/p-1. The van der Waals surface area contributed by atoms with Crippen LogP contribution in [-0.4, -0.2) is 20.1 Å². The highest BCUT2D eigenvalue weighted by Crippen LogP contribution is 2.09. The molecule has 0 atom stereocenters. The Labute approximate surface area is 72.0 Å². The third kappa shape index (κ3) is 1.75. The summed E-state index contributed by atoms with van der Waals surface area (Å²) in [5.41, 5.74) is 0.855. The molecule has 0 heterocycles. The SMILES string of the molecule is CN=C([O-])N(C)c1ccccc1. The number of anilines is 1. The van der Waals surface area contributed by atoms with E-state index in [0.29, 0.717) is 0 Å². The molecule has 0 spiro atoms. The van der Waals surface area contributed by atoms with Crippen LogP contribution in [0.5, 0.6) is 0 Å². The molecule has 12 heavy (non-hydrogen) atoms. The van der Waals surface area contributed by atoms with Crippen LogP contribution in [0.3, 0.4) is 0 Å². The summed E-state index contributed by atoms with van der Waals surface area (Å²) in [6.07, 6.45) is 0. The van der Waals surface area contributed by atoms with Crippen molar-refractivity contribution in [3.05, 3.63) is 30.3 Å². The summed E-state index contributed by atoms with van der Waals surface area (Å²) in [4.78, 5) is 5.05. The normalized spacial score (nSPS) is 11.3. The second-order valence-corrected chi connectivity index (χ2v) is 2.40. The van der Waals surface area contributed by atoms with Crippen LogP contribution in [-0.2, 0) is 0 Å². The third-order valence-corrected chi connectivity index (χ3v) is 1.62. The van der Waals surface area contributed by atoms with Gasteiger partial charge in [-0.1, -0.05) is 18.2 Å². The van der Waals surface area contributed by atoms with Gasteiger partial charge >= 0.3 is 0 Å². The van der Waals surface area contributed by atoms with Gasteiger partial charge in [0.1, 0.15) is 0 Å². The summed E-state index contributed by atoms with van der Waals surface area (Å²) in [6, 6.07) is 9.17. The van der Waals surface area contributed by atoms with Crippen molar-refractivity contribution >= 4 is 11.7 Å². The highest BCUT2D eigenvalue weighted by molar-refractivity contribution is 5.87. The predicted molar refractivity (Wildman–Crippen MR) is 48.2 cm³/mol. The molecule has 1 aromatic carbocycles. The number of hydrogen-bond acceptors (Lipinski definition) is 2. The molecule has 0 saturated heterocycles. The number of nitrogens with zero attached hydrogens (tertiary/aromatic N) is 2. The lowest BCUT2D eigenvalue weighted by molar-refractivity contribution is -0.217. The molecule has 0 unspecified atom stereocenters. The molecule has 3 nitrogen and oxygen atoms in total. The van der Waals surface area contributed by atoms with Crippen molar-refractivity contribution in [2.45, 2.75) is 0 Å². The number of hydrogen-bond donors (Lipinski definition) is 0. The first-order chi connectivity index (χ1) is 5.75. The second-order valence-electron chi connectivity index (χ2n) is 2.40. The van der Waals surface area contributed by atoms with Crippen LogP contribution in [0.25, 0.3) is 0 Å². The average Bonchev–Trinajstić information content (AvgIpc) is 2.17. The number of para-hydroxylation sites is 1. The summed E-state index contributed by atoms with van der Waals surface area (Å²) < 4.78 is 0. The Kier molecular flexibility index (Phi) is 2.69. The van der Waals surface area contributed by atoms with Crippen LogP contribution in [0.2, 0.25) is 0 Å². The van der Waals surface area contributed by atoms with E-state index in [1.165, 1.54) is 11.9 Å². The van der Waals surface area contributed by atoms with E-state index in [2.05, 4.69) is 4.99 Å². The molecule has 0 amide bonds. The van der Waals surface area contributed by atoms with Crippen LogP contribution in [0.4, 0.5) is 5.69 Å². The maximum Gasteiger partial charge on any atom is 0.0538 e. The molecule has 0 aromatic heterocycles. The second kappa shape index (κ2) is 3.76. The van der Waals surface area contributed by atoms with E-state index in [-0.39, 0.29) is 6.02 Å². The van der Waals surface area contributed by atoms with Gasteiger partial charge in [0.05, 0.1) is 6.02 Å². The Morgan fingerprint density at radius 2 is 1.92 bits per heavy atom. The molecule has 0 aliphatic heterocycles. The minimum Gasteiger partial charge on any atom is -0.846 e. The lowest BCUT2D eigenvalue weighted by Crippen LogP contribution is -2.36. The van der Waals surface area contributed by atoms with E-state index in [9.17, 15) is 5.11 Å². The van der Waals surface area contributed by atoms with Crippen molar-refractivity contribution in [1.82, 2.24) is 0 Å². The summed E-state index contributed by atoms with van der Waals surface area (Å²) in [6.45, 7) is 0. The highest BCUT2D eigenvalue weighted by atomic mass is 16.3. The smallest absolute Gasteiger partial charge is 0.0538 e. The maximum atomic E-state index is 11.1. The van der Waals surface area contributed by atoms with Crippen LogP contribution in [0, 0.1) is 0 Å². The molecule has 0 saturated carbocycles. The fourth-order valence-corrected chi connectivity index (χ4v) is 0.912. The number of amidine groups is 1. The number of aliphatic imine (C=N–C) groups is 1. The van der Waals surface area contributed by atoms with Crippen molar-refractivity contribution in [3.8, 4) is 0 Å². The van der Waals surface area contributed by atoms with Crippen molar-refractivity contribution in [1.29, 1.82) is 0 Å². The van der Waals surface area contributed by atoms with Gasteiger partial charge in [-0.2, -0.15) is 0 Å². The predicted octanol–water partition coefficient (Wildman–Crippen LogP) is 0.469. The molecule has 64 valence electrons. The Bertz CT molecular complexity index is 269. The molecule has 1 rings (SSSR count). The quantitative estimate of drug-likeness (QED) is 0.446. The van der Waals surface area contributed by atoms with Crippen molar-refractivity contribution in [3.63, 3.8) is 0 Å². The molecule has 0 N–H and O–H groups in total. The summed E-state index contributed by atoms with van der Waals surface area (Å²) in [5, 5.41) is 11.1. The Morgan fingerprint density at radius 1 is 1.33 bits per heavy atom. The van der Waals surface area contributed by atoms with Crippen LogP contribution >= 0.6 is 0 Å². The summed E-state index contributed by atoms with van der Waals surface area (Å²) >= 11 is 0. The zero-order chi connectivity index (χ0) is 8.97. The summed E-state index contributed by atoms with van der Waals surface area (Å²) in [5.74, 6) is 0. The van der Waals surface area contributed by atoms with Gasteiger partial charge in [0.2, 0.25) is 0 Å². The van der Waals surface area contributed by atoms with E-state index in [1.807, 2.05) is 30.3 Å². The fraction of sp³-hybridized carbons (Fsp3) is 0.222. The van der Waals surface area contributed by atoms with E-state index in [4.69, 9.17) is 0 Å². The van der Waals surface area contributed by atoms with Crippen molar-refractivity contribution < 1.29 is 5.11 Å². The molecule has 0 radical (unpaired) electrons. The summed E-state index contributed by atoms with van der Waals surface area (Å²) in [7, 11) is 3.19. The zero-order valence-electron chi connectivity index (χ0n) is 7.19. The Morgan fingerprint density at radius 3 is 2.42 bits per heavy atom. The minimum atomic E-state index is -0.235. The van der Waals surface area contributed by atoms with Gasteiger partial charge in [-0.3, -0.25) is 4.99 Å². The van der Waals surface area contributed by atoms with Gasteiger partial charge < -0.3 is 10.0 Å². The lowest BCUT2D eigenvalue weighted by Gasteiger charge is -2.24. The molecule has 0 fully saturated rings. The average molecular weight is 163 g/mol. The van der Waals surface area contributed by atoms with Crippen molar-refractivity contribution in [2.24, 2.45) is 4.99 Å². The van der Waals surface area contributed by atoms with Crippen LogP contribution in [0.15, 0.2) is 35.3 Å². The van der Waals surface area contributed by atoms with Gasteiger partial charge in [0, 0.05) is 19.8 Å².